The predicted octanol–water partition coefficient (Wildman–Crippen LogP) is 3.59. The van der Waals surface area contributed by atoms with E-state index in [1.165, 1.54) is 32.6 Å². The number of H-pyrrole nitrogens is 1. The van der Waals surface area contributed by atoms with Gasteiger partial charge in [-0.15, -0.1) is 0 Å². The molecule has 186 valence electrons. The number of benzene rings is 1. The number of carbonyl (C=O) groups is 2. The van der Waals surface area contributed by atoms with Crippen LogP contribution in [0.4, 0.5) is 4.79 Å². The Balaban J connectivity index is 1.63. The van der Waals surface area contributed by atoms with Gasteiger partial charge >= 0.3 is 6.03 Å². The molecule has 2 heterocycles. The number of hydrogen-bond donors (Lipinski definition) is 2. The summed E-state index contributed by atoms with van der Waals surface area (Å²) in [6.45, 7) is 9.75. The van der Waals surface area contributed by atoms with Gasteiger partial charge in [0.25, 0.3) is 0 Å². The van der Waals surface area contributed by atoms with E-state index in [0.29, 0.717) is 25.0 Å². The fourth-order valence-electron chi connectivity index (χ4n) is 6.13. The Morgan fingerprint density at radius 3 is 2.65 bits per heavy atom. The molecule has 0 bridgehead atoms. The maximum atomic E-state index is 13.8. The number of imide groups is 1. The Morgan fingerprint density at radius 1 is 1.18 bits per heavy atom. The molecular weight excluding hydrogens is 426 g/mol. The lowest BCUT2D eigenvalue weighted by Crippen LogP contribution is -2.55. The number of rotatable bonds is 8. The Morgan fingerprint density at radius 2 is 1.97 bits per heavy atom. The highest BCUT2D eigenvalue weighted by atomic mass is 16.2. The van der Waals surface area contributed by atoms with E-state index in [4.69, 9.17) is 0 Å². The summed E-state index contributed by atoms with van der Waals surface area (Å²) < 4.78 is 0. The highest BCUT2D eigenvalue weighted by Gasteiger charge is 2.44. The molecule has 1 unspecified atom stereocenters. The first kappa shape index (κ1) is 24.7. The van der Waals surface area contributed by atoms with Crippen molar-refractivity contribution in [3.05, 3.63) is 35.0 Å². The van der Waals surface area contributed by atoms with Crippen LogP contribution < -0.4 is 5.32 Å². The summed E-state index contributed by atoms with van der Waals surface area (Å²) in [7, 11) is 4.03. The van der Waals surface area contributed by atoms with Crippen molar-refractivity contribution in [2.45, 2.75) is 58.4 Å². The van der Waals surface area contributed by atoms with E-state index in [0.717, 1.165) is 45.3 Å². The van der Waals surface area contributed by atoms with Crippen LogP contribution in [0.2, 0.25) is 0 Å². The highest BCUT2D eigenvalue weighted by molar-refractivity contribution is 5.96. The fourth-order valence-corrected chi connectivity index (χ4v) is 6.13. The number of hydrogen-bond acceptors (Lipinski definition) is 4. The average Bonchev–Trinajstić information content (AvgIpc) is 3.19. The van der Waals surface area contributed by atoms with Crippen LogP contribution in [0.3, 0.4) is 0 Å². The first-order valence-corrected chi connectivity index (χ1v) is 13.0. The molecule has 7 nitrogen and oxygen atoms in total. The van der Waals surface area contributed by atoms with Gasteiger partial charge in [-0.3, -0.25) is 14.6 Å². The minimum Gasteiger partial charge on any atom is -0.358 e. The van der Waals surface area contributed by atoms with E-state index in [-0.39, 0.29) is 17.9 Å². The van der Waals surface area contributed by atoms with Crippen molar-refractivity contribution in [1.29, 1.82) is 0 Å². The largest absolute Gasteiger partial charge is 0.358 e. The number of amides is 3. The molecule has 0 spiro atoms. The number of piperidine rings is 1. The second-order valence-electron chi connectivity index (χ2n) is 10.1. The fraction of sp³-hybridized carbons (Fsp3) is 0.630. The first-order chi connectivity index (χ1) is 16.4. The molecule has 34 heavy (non-hydrogen) atoms. The third-order valence-corrected chi connectivity index (χ3v) is 7.72. The van der Waals surface area contributed by atoms with E-state index >= 15 is 0 Å². The SMILES string of the molecule is CCNC(=O)N(CCCN(C)C)C(=O)C1C[C@@H]2c3cccc4[nH]c(CC)c(c34)C[C@H]2N(CC)C1. The molecule has 3 atom stereocenters. The van der Waals surface area contributed by atoms with E-state index in [1.807, 2.05) is 21.0 Å². The minimum absolute atomic E-state index is 0.0251. The quantitative estimate of drug-likeness (QED) is 0.622. The van der Waals surface area contributed by atoms with Gasteiger partial charge in [0.15, 0.2) is 0 Å². The van der Waals surface area contributed by atoms with Crippen LogP contribution in [0.15, 0.2) is 18.2 Å². The number of nitrogens with zero attached hydrogens (tertiary/aromatic N) is 3. The standard InChI is InChI=1S/C27H41N5O2/c1-6-22-21-16-24-20(19-11-9-12-23(29-22)25(19)21)15-18(17-31(24)8-3)26(33)32(27(34)28-7-2)14-10-13-30(4)5/h9,11-12,18,20,24,29H,6-8,10,13-17H2,1-5H3,(H,28,34)/t18?,20-,24-/m1/s1. The van der Waals surface area contributed by atoms with E-state index in [1.54, 1.807) is 0 Å². The number of aromatic amines is 1. The van der Waals surface area contributed by atoms with Gasteiger partial charge in [-0.25, -0.2) is 4.79 Å². The second-order valence-corrected chi connectivity index (χ2v) is 10.1. The van der Waals surface area contributed by atoms with Crippen molar-refractivity contribution in [2.75, 3.05) is 46.8 Å². The molecule has 7 heteroatoms. The Hall–Kier alpha value is -2.38. The first-order valence-electron chi connectivity index (χ1n) is 13.0. The smallest absolute Gasteiger partial charge is 0.324 e. The van der Waals surface area contributed by atoms with Crippen LogP contribution in [0.1, 0.15) is 56.4 Å². The third-order valence-electron chi connectivity index (χ3n) is 7.72. The van der Waals surface area contributed by atoms with Crippen molar-refractivity contribution in [3.63, 3.8) is 0 Å². The van der Waals surface area contributed by atoms with Crippen molar-refractivity contribution in [2.24, 2.45) is 5.92 Å². The van der Waals surface area contributed by atoms with Gasteiger partial charge in [-0.1, -0.05) is 26.0 Å². The number of likely N-dealkylation sites (tertiary alicyclic amines) is 1. The van der Waals surface area contributed by atoms with Crippen LogP contribution in [-0.2, 0) is 17.6 Å². The molecule has 4 rings (SSSR count). The molecule has 1 aromatic heterocycles. The maximum absolute atomic E-state index is 13.8. The zero-order valence-electron chi connectivity index (χ0n) is 21.5. The molecule has 1 aliphatic carbocycles. The van der Waals surface area contributed by atoms with Gasteiger partial charge in [0.1, 0.15) is 0 Å². The number of urea groups is 1. The number of fused-ring (bicyclic) bond motifs is 2. The van der Waals surface area contributed by atoms with E-state index in [9.17, 15) is 9.59 Å². The van der Waals surface area contributed by atoms with Crippen LogP contribution in [0.25, 0.3) is 10.9 Å². The van der Waals surface area contributed by atoms with Crippen molar-refractivity contribution < 1.29 is 9.59 Å². The third kappa shape index (κ3) is 4.60. The summed E-state index contributed by atoms with van der Waals surface area (Å²) in [5, 5.41) is 4.23. The average molecular weight is 468 g/mol. The van der Waals surface area contributed by atoms with Gasteiger partial charge in [-0.2, -0.15) is 0 Å². The summed E-state index contributed by atoms with van der Waals surface area (Å²) in [5.41, 5.74) is 5.39. The van der Waals surface area contributed by atoms with Crippen LogP contribution in [0.5, 0.6) is 0 Å². The van der Waals surface area contributed by atoms with E-state index < -0.39 is 0 Å². The van der Waals surface area contributed by atoms with Gasteiger partial charge in [0, 0.05) is 48.2 Å². The molecule has 0 saturated carbocycles. The number of aromatic nitrogens is 1. The molecule has 2 aliphatic rings. The minimum atomic E-state index is -0.261. The molecule has 1 aliphatic heterocycles. The summed E-state index contributed by atoms with van der Waals surface area (Å²) in [5.74, 6) is 0.102. The van der Waals surface area contributed by atoms with Crippen molar-refractivity contribution in [1.82, 2.24) is 25.0 Å². The zero-order chi connectivity index (χ0) is 24.4. The van der Waals surface area contributed by atoms with Crippen molar-refractivity contribution >= 4 is 22.8 Å². The Labute approximate surface area is 203 Å². The lowest BCUT2D eigenvalue weighted by Gasteiger charge is -2.47. The summed E-state index contributed by atoms with van der Waals surface area (Å²) in [6.07, 6.45) is 3.61. The predicted molar refractivity (Wildman–Crippen MR) is 137 cm³/mol. The molecular formula is C27H41N5O2. The van der Waals surface area contributed by atoms with E-state index in [2.05, 4.69) is 52.1 Å². The number of aryl methyl sites for hydroxylation is 1. The Kier molecular flexibility index (Phi) is 7.63. The highest BCUT2D eigenvalue weighted by Crippen LogP contribution is 2.46. The van der Waals surface area contributed by atoms with Crippen LogP contribution in [-0.4, -0.2) is 84.5 Å². The molecule has 1 fully saturated rings. The second kappa shape index (κ2) is 10.5. The molecule has 1 aromatic carbocycles. The normalized spacial score (nSPS) is 22.1. The lowest BCUT2D eigenvalue weighted by molar-refractivity contribution is -0.135. The lowest BCUT2D eigenvalue weighted by atomic mass is 9.71. The van der Waals surface area contributed by atoms with Crippen LogP contribution >= 0.6 is 0 Å². The summed E-state index contributed by atoms with van der Waals surface area (Å²) in [4.78, 5) is 36.3. The van der Waals surface area contributed by atoms with Crippen LogP contribution in [0, 0.1) is 5.92 Å². The molecule has 2 aromatic rings. The topological polar surface area (TPSA) is 71.7 Å². The van der Waals surface area contributed by atoms with Gasteiger partial charge in [0.2, 0.25) is 5.91 Å². The zero-order valence-corrected chi connectivity index (χ0v) is 21.5. The summed E-state index contributed by atoms with van der Waals surface area (Å²) >= 11 is 0. The monoisotopic (exact) mass is 467 g/mol. The number of carbonyl (C=O) groups excluding carboxylic acids is 2. The molecule has 1 saturated heterocycles. The van der Waals surface area contributed by atoms with Gasteiger partial charge in [0.05, 0.1) is 5.92 Å². The summed E-state index contributed by atoms with van der Waals surface area (Å²) in [6, 6.07) is 6.72. The molecule has 2 N–H and O–H groups in total. The maximum Gasteiger partial charge on any atom is 0.324 e. The van der Waals surface area contributed by atoms with Crippen molar-refractivity contribution in [3.8, 4) is 0 Å². The number of likely N-dealkylation sites (N-methyl/N-ethyl adjacent to an activating group) is 1. The molecule has 0 radical (unpaired) electrons. The van der Waals surface area contributed by atoms with Gasteiger partial charge in [-0.05, 0) is 77.0 Å². The number of nitrogens with one attached hydrogen (secondary N) is 2. The Bertz CT molecular complexity index is 1030. The van der Waals surface area contributed by atoms with Gasteiger partial charge < -0.3 is 15.2 Å². The molecule has 3 amide bonds.